The second kappa shape index (κ2) is 13.7. The normalized spacial score (nSPS) is 20.5. The van der Waals surface area contributed by atoms with E-state index in [2.05, 4.69) is 10.6 Å². The molecular formula is C32H39F2N5O4. The highest BCUT2D eigenvalue weighted by atomic mass is 19.1. The lowest BCUT2D eigenvalue weighted by molar-refractivity contribution is -0.145. The number of carbonyl (C=O) groups is 2. The smallest absolute Gasteiger partial charge is 0.251 e. The standard InChI is InChI=1S/C32H39F2N5O4/c1-20(40)32(42)39(18-22-14-27(36-16-22)31(41)35-2)29(23-10-12-43-13-11-23)30-37-28(25-15-24(33)8-9-26(25)34)19-38(30)17-21-6-4-3-5-7-21/h3-9,15,19-20,22-23,27,29,36,40H,10-14,16-18H2,1-2H3,(H,35,41)/t20-,22?,27?,29+/m0/s1. The number of hydrogen-bond donors (Lipinski definition) is 3. The fourth-order valence-corrected chi connectivity index (χ4v) is 6.21. The summed E-state index contributed by atoms with van der Waals surface area (Å²) < 4.78 is 36.8. The Morgan fingerprint density at radius 3 is 2.63 bits per heavy atom. The molecule has 43 heavy (non-hydrogen) atoms. The van der Waals surface area contributed by atoms with Crippen LogP contribution in [0.1, 0.15) is 43.6 Å². The third kappa shape index (κ3) is 7.11. The van der Waals surface area contributed by atoms with Gasteiger partial charge in [0.2, 0.25) is 5.91 Å². The summed E-state index contributed by atoms with van der Waals surface area (Å²) in [5.74, 6) is -1.34. The van der Waals surface area contributed by atoms with Crippen LogP contribution in [0.2, 0.25) is 0 Å². The Hall–Kier alpha value is -3.67. The van der Waals surface area contributed by atoms with Crippen LogP contribution in [-0.2, 0) is 20.9 Å². The van der Waals surface area contributed by atoms with Crippen LogP contribution in [0.25, 0.3) is 11.3 Å². The van der Waals surface area contributed by atoms with E-state index in [-0.39, 0.29) is 41.6 Å². The van der Waals surface area contributed by atoms with Crippen LogP contribution in [0, 0.1) is 23.5 Å². The highest BCUT2D eigenvalue weighted by Gasteiger charge is 2.40. The summed E-state index contributed by atoms with van der Waals surface area (Å²) in [7, 11) is 1.59. The van der Waals surface area contributed by atoms with E-state index in [0.717, 1.165) is 23.8 Å². The topological polar surface area (TPSA) is 109 Å². The number of aliphatic hydroxyl groups excluding tert-OH is 1. The van der Waals surface area contributed by atoms with Crippen LogP contribution in [0.15, 0.2) is 54.7 Å². The van der Waals surface area contributed by atoms with E-state index in [9.17, 15) is 19.1 Å². The molecular weight excluding hydrogens is 556 g/mol. The summed E-state index contributed by atoms with van der Waals surface area (Å²) in [6.07, 6.45) is 2.27. The molecule has 230 valence electrons. The number of rotatable bonds is 10. The Balaban J connectivity index is 1.61. The van der Waals surface area contributed by atoms with Crippen molar-refractivity contribution >= 4 is 11.8 Å². The summed E-state index contributed by atoms with van der Waals surface area (Å²) in [4.78, 5) is 32.7. The van der Waals surface area contributed by atoms with Crippen LogP contribution >= 0.6 is 0 Å². The van der Waals surface area contributed by atoms with Gasteiger partial charge in [-0.15, -0.1) is 0 Å². The molecule has 2 amide bonds. The molecule has 2 fully saturated rings. The van der Waals surface area contributed by atoms with Crippen molar-refractivity contribution in [3.63, 3.8) is 0 Å². The summed E-state index contributed by atoms with van der Waals surface area (Å²) in [6.45, 7) is 3.66. The molecule has 11 heteroatoms. The van der Waals surface area contributed by atoms with E-state index in [1.807, 2.05) is 34.9 Å². The van der Waals surface area contributed by atoms with Gasteiger partial charge in [-0.2, -0.15) is 0 Å². The van der Waals surface area contributed by atoms with Crippen molar-refractivity contribution in [1.29, 1.82) is 0 Å². The largest absolute Gasteiger partial charge is 0.384 e. The number of imidazole rings is 1. The van der Waals surface area contributed by atoms with Gasteiger partial charge >= 0.3 is 0 Å². The lowest BCUT2D eigenvalue weighted by Gasteiger charge is -2.40. The fraction of sp³-hybridized carbons (Fsp3) is 0.469. The molecule has 0 spiro atoms. The first-order valence-electron chi connectivity index (χ1n) is 14.8. The summed E-state index contributed by atoms with van der Waals surface area (Å²) in [5.41, 5.74) is 1.26. The number of hydrogen-bond acceptors (Lipinski definition) is 6. The maximum Gasteiger partial charge on any atom is 0.251 e. The summed E-state index contributed by atoms with van der Waals surface area (Å²) >= 11 is 0. The van der Waals surface area contributed by atoms with Gasteiger partial charge in [0, 0.05) is 51.7 Å². The van der Waals surface area contributed by atoms with Gasteiger partial charge in [-0.05, 0) is 61.8 Å². The number of aliphatic hydroxyl groups is 1. The molecule has 1 aromatic heterocycles. The average Bonchev–Trinajstić information content (AvgIpc) is 3.66. The van der Waals surface area contributed by atoms with Gasteiger partial charge in [0.25, 0.3) is 5.91 Å². The number of amides is 2. The molecule has 3 aromatic rings. The van der Waals surface area contributed by atoms with Crippen molar-refractivity contribution in [2.45, 2.75) is 50.9 Å². The average molecular weight is 596 g/mol. The van der Waals surface area contributed by atoms with Crippen molar-refractivity contribution in [3.05, 3.63) is 77.8 Å². The van der Waals surface area contributed by atoms with Crippen molar-refractivity contribution in [1.82, 2.24) is 25.1 Å². The Morgan fingerprint density at radius 1 is 1.19 bits per heavy atom. The SMILES string of the molecule is CNC(=O)C1CC(CN(C(=O)[C@H](C)O)[C@@H](c2nc(-c3cc(F)ccc3F)cn2Cc2ccccc2)C2CCOCC2)CN1. The Morgan fingerprint density at radius 2 is 1.93 bits per heavy atom. The molecule has 4 atom stereocenters. The van der Waals surface area contributed by atoms with Crippen molar-refractivity contribution in [2.75, 3.05) is 33.4 Å². The van der Waals surface area contributed by atoms with E-state index in [0.29, 0.717) is 51.4 Å². The summed E-state index contributed by atoms with van der Waals surface area (Å²) in [5, 5.41) is 16.5. The van der Waals surface area contributed by atoms with Crippen molar-refractivity contribution in [3.8, 4) is 11.3 Å². The van der Waals surface area contributed by atoms with E-state index < -0.39 is 29.7 Å². The van der Waals surface area contributed by atoms with Crippen LogP contribution < -0.4 is 10.6 Å². The van der Waals surface area contributed by atoms with Gasteiger partial charge in [-0.3, -0.25) is 9.59 Å². The molecule has 2 unspecified atom stereocenters. The van der Waals surface area contributed by atoms with E-state index >= 15 is 4.39 Å². The first-order valence-corrected chi connectivity index (χ1v) is 14.8. The molecule has 2 saturated heterocycles. The Kier molecular flexibility index (Phi) is 9.84. The van der Waals surface area contributed by atoms with E-state index in [1.54, 1.807) is 18.1 Å². The zero-order valence-corrected chi connectivity index (χ0v) is 24.5. The predicted molar refractivity (Wildman–Crippen MR) is 157 cm³/mol. The van der Waals surface area contributed by atoms with Gasteiger partial charge in [0.1, 0.15) is 23.6 Å². The zero-order valence-electron chi connectivity index (χ0n) is 24.5. The van der Waals surface area contributed by atoms with Gasteiger partial charge in [0.15, 0.2) is 0 Å². The quantitative estimate of drug-likeness (QED) is 0.332. The zero-order chi connectivity index (χ0) is 30.5. The molecule has 2 aromatic carbocycles. The minimum atomic E-state index is -1.27. The maximum absolute atomic E-state index is 15.0. The number of aromatic nitrogens is 2. The van der Waals surface area contributed by atoms with E-state index in [4.69, 9.17) is 9.72 Å². The number of likely N-dealkylation sites (N-methyl/N-ethyl adjacent to an activating group) is 1. The molecule has 0 saturated carbocycles. The lowest BCUT2D eigenvalue weighted by Crippen LogP contribution is -2.47. The van der Waals surface area contributed by atoms with Gasteiger partial charge in [-0.25, -0.2) is 13.8 Å². The van der Waals surface area contributed by atoms with Gasteiger partial charge in [-0.1, -0.05) is 30.3 Å². The van der Waals surface area contributed by atoms with Gasteiger partial charge in [0.05, 0.1) is 17.8 Å². The van der Waals surface area contributed by atoms with Crippen LogP contribution in [-0.4, -0.2) is 76.9 Å². The Bertz CT molecular complexity index is 1410. The van der Waals surface area contributed by atoms with Crippen LogP contribution in [0.3, 0.4) is 0 Å². The first kappa shape index (κ1) is 30.8. The lowest BCUT2D eigenvalue weighted by atomic mass is 9.88. The minimum Gasteiger partial charge on any atom is -0.384 e. The molecule has 0 bridgehead atoms. The summed E-state index contributed by atoms with van der Waals surface area (Å²) in [6, 6.07) is 12.0. The first-order chi connectivity index (χ1) is 20.7. The third-order valence-electron chi connectivity index (χ3n) is 8.40. The number of halogens is 2. The van der Waals surface area contributed by atoms with E-state index in [1.165, 1.54) is 6.92 Å². The molecule has 9 nitrogen and oxygen atoms in total. The molecule has 5 rings (SSSR count). The fourth-order valence-electron chi connectivity index (χ4n) is 6.21. The monoisotopic (exact) mass is 595 g/mol. The second-order valence-electron chi connectivity index (χ2n) is 11.5. The highest BCUT2D eigenvalue weighted by molar-refractivity contribution is 5.82. The van der Waals surface area contributed by atoms with Gasteiger partial charge < -0.3 is 29.9 Å². The Labute approximate surface area is 250 Å². The van der Waals surface area contributed by atoms with Crippen molar-refractivity contribution in [2.24, 2.45) is 11.8 Å². The number of nitrogens with one attached hydrogen (secondary N) is 2. The van der Waals surface area contributed by atoms with Crippen molar-refractivity contribution < 1.29 is 28.2 Å². The maximum atomic E-state index is 15.0. The molecule has 2 aliphatic rings. The molecule has 0 radical (unpaired) electrons. The number of nitrogens with zero attached hydrogens (tertiary/aromatic N) is 3. The minimum absolute atomic E-state index is 0.0283. The van der Waals surface area contributed by atoms with Crippen LogP contribution in [0.4, 0.5) is 8.78 Å². The number of carbonyl (C=O) groups excluding carboxylic acids is 2. The molecule has 0 aliphatic carbocycles. The third-order valence-corrected chi connectivity index (χ3v) is 8.40. The molecule has 3 N–H and O–H groups in total. The second-order valence-corrected chi connectivity index (χ2v) is 11.5. The molecule has 2 aliphatic heterocycles. The van der Waals surface area contributed by atoms with Crippen LogP contribution in [0.5, 0.6) is 0 Å². The number of ether oxygens (including phenoxy) is 1. The predicted octanol–water partition coefficient (Wildman–Crippen LogP) is 3.28. The molecule has 3 heterocycles. The number of benzene rings is 2. The highest BCUT2D eigenvalue weighted by Crippen LogP contribution is 2.38.